The van der Waals surface area contributed by atoms with Gasteiger partial charge in [0.2, 0.25) is 0 Å². The van der Waals surface area contributed by atoms with Crippen molar-refractivity contribution in [2.75, 3.05) is 13.1 Å². The number of piperidine rings is 1. The second-order valence-electron chi connectivity index (χ2n) is 5.93. The quantitative estimate of drug-likeness (QED) is 0.908. The molecule has 3 heterocycles. The molecule has 3 rings (SSSR count). The van der Waals surface area contributed by atoms with Gasteiger partial charge in [-0.15, -0.1) is 11.3 Å². The molecular formula is C17H21N3O2S2. The molecule has 1 aliphatic rings. The maximum atomic E-state index is 12.7. The second-order valence-corrected chi connectivity index (χ2v) is 7.79. The Morgan fingerprint density at radius 2 is 2.12 bits per heavy atom. The number of hydrogen-bond donors (Lipinski definition) is 1. The summed E-state index contributed by atoms with van der Waals surface area (Å²) in [5, 5.41) is 7.83. The molecule has 2 aromatic rings. The van der Waals surface area contributed by atoms with Crippen molar-refractivity contribution in [1.82, 2.24) is 15.2 Å². The van der Waals surface area contributed by atoms with E-state index in [1.165, 1.54) is 22.7 Å². The van der Waals surface area contributed by atoms with Crippen molar-refractivity contribution >= 4 is 34.5 Å². The summed E-state index contributed by atoms with van der Waals surface area (Å²) >= 11 is 3.02. The Kier molecular flexibility index (Phi) is 5.30. The van der Waals surface area contributed by atoms with Crippen LogP contribution in [0.2, 0.25) is 0 Å². The fraction of sp³-hybridized carbons (Fsp3) is 0.471. The standard InChI is InChI=1S/C17H21N3O2S2/c1-3-14-18-11(2)15(24-14)17(22)20-7-4-13(5-8-20)19-16(21)12-6-9-23-10-12/h6,9-10,13H,3-5,7-8H2,1-2H3,(H,19,21). The minimum absolute atomic E-state index is 0.0214. The van der Waals surface area contributed by atoms with E-state index in [4.69, 9.17) is 0 Å². The molecule has 2 amide bonds. The molecular weight excluding hydrogens is 342 g/mol. The largest absolute Gasteiger partial charge is 0.349 e. The van der Waals surface area contributed by atoms with Gasteiger partial charge in [-0.05, 0) is 37.6 Å². The number of nitrogens with one attached hydrogen (secondary N) is 1. The molecule has 0 spiro atoms. The first-order valence-electron chi connectivity index (χ1n) is 8.17. The molecule has 0 unspecified atom stereocenters. The van der Waals surface area contributed by atoms with Crippen LogP contribution in [0.1, 0.15) is 50.5 Å². The highest BCUT2D eigenvalue weighted by Gasteiger charge is 2.27. The number of aryl methyl sites for hydroxylation is 2. The van der Waals surface area contributed by atoms with Crippen molar-refractivity contribution in [3.63, 3.8) is 0 Å². The van der Waals surface area contributed by atoms with Gasteiger partial charge in [-0.25, -0.2) is 4.98 Å². The fourth-order valence-corrected chi connectivity index (χ4v) is 4.44. The number of nitrogens with zero attached hydrogens (tertiary/aromatic N) is 2. The number of thiazole rings is 1. The molecule has 0 atom stereocenters. The summed E-state index contributed by atoms with van der Waals surface area (Å²) in [4.78, 5) is 31.9. The summed E-state index contributed by atoms with van der Waals surface area (Å²) in [6.45, 7) is 5.29. The Balaban J connectivity index is 1.55. The number of aromatic nitrogens is 1. The molecule has 1 N–H and O–H groups in total. The molecule has 128 valence electrons. The van der Waals surface area contributed by atoms with Gasteiger partial charge in [0.1, 0.15) is 4.88 Å². The Morgan fingerprint density at radius 1 is 1.38 bits per heavy atom. The van der Waals surface area contributed by atoms with Crippen molar-refractivity contribution in [3.05, 3.63) is 38.0 Å². The van der Waals surface area contributed by atoms with E-state index in [-0.39, 0.29) is 17.9 Å². The van der Waals surface area contributed by atoms with Gasteiger partial charge in [-0.2, -0.15) is 11.3 Å². The zero-order valence-electron chi connectivity index (χ0n) is 13.9. The van der Waals surface area contributed by atoms with E-state index in [1.807, 2.05) is 35.6 Å². The highest BCUT2D eigenvalue weighted by atomic mass is 32.1. The normalized spacial score (nSPS) is 15.5. The van der Waals surface area contributed by atoms with E-state index in [2.05, 4.69) is 10.3 Å². The lowest BCUT2D eigenvalue weighted by molar-refractivity contribution is 0.0702. The molecule has 0 bridgehead atoms. The van der Waals surface area contributed by atoms with Crippen molar-refractivity contribution in [3.8, 4) is 0 Å². The van der Waals surface area contributed by atoms with Crippen molar-refractivity contribution in [2.24, 2.45) is 0 Å². The van der Waals surface area contributed by atoms with Crippen LogP contribution in [0.4, 0.5) is 0 Å². The van der Waals surface area contributed by atoms with Gasteiger partial charge in [0.05, 0.1) is 10.7 Å². The Labute approximate surface area is 149 Å². The summed E-state index contributed by atoms with van der Waals surface area (Å²) in [5.74, 6) is 0.0548. The van der Waals surface area contributed by atoms with Crippen LogP contribution < -0.4 is 5.32 Å². The maximum Gasteiger partial charge on any atom is 0.265 e. The summed E-state index contributed by atoms with van der Waals surface area (Å²) in [6, 6.07) is 1.96. The molecule has 2 aromatic heterocycles. The average Bonchev–Trinajstić information content (AvgIpc) is 3.24. The lowest BCUT2D eigenvalue weighted by Crippen LogP contribution is -2.46. The molecule has 24 heavy (non-hydrogen) atoms. The summed E-state index contributed by atoms with van der Waals surface area (Å²) < 4.78 is 0. The van der Waals surface area contributed by atoms with Crippen LogP contribution in [0.3, 0.4) is 0 Å². The lowest BCUT2D eigenvalue weighted by atomic mass is 10.0. The number of amides is 2. The van der Waals surface area contributed by atoms with Gasteiger partial charge in [0, 0.05) is 30.1 Å². The first kappa shape index (κ1) is 17.1. The Morgan fingerprint density at radius 3 is 2.71 bits per heavy atom. The zero-order valence-corrected chi connectivity index (χ0v) is 15.5. The van der Waals surface area contributed by atoms with Crippen LogP contribution in [-0.2, 0) is 6.42 Å². The molecule has 0 aromatic carbocycles. The van der Waals surface area contributed by atoms with Crippen LogP contribution in [0.5, 0.6) is 0 Å². The van der Waals surface area contributed by atoms with Gasteiger partial charge in [0.15, 0.2) is 0 Å². The monoisotopic (exact) mass is 363 g/mol. The number of rotatable bonds is 4. The third-order valence-corrected chi connectivity index (χ3v) is 6.21. The molecule has 1 aliphatic heterocycles. The number of thiophene rings is 1. The van der Waals surface area contributed by atoms with E-state index >= 15 is 0 Å². The summed E-state index contributed by atoms with van der Waals surface area (Å²) in [5.41, 5.74) is 1.54. The summed E-state index contributed by atoms with van der Waals surface area (Å²) in [6.07, 6.45) is 2.44. The van der Waals surface area contributed by atoms with E-state index in [0.29, 0.717) is 18.7 Å². The third kappa shape index (κ3) is 3.67. The van der Waals surface area contributed by atoms with Crippen LogP contribution in [-0.4, -0.2) is 40.8 Å². The Hall–Kier alpha value is -1.73. The van der Waals surface area contributed by atoms with E-state index in [1.54, 1.807) is 0 Å². The van der Waals surface area contributed by atoms with E-state index in [9.17, 15) is 9.59 Å². The van der Waals surface area contributed by atoms with E-state index in [0.717, 1.165) is 34.8 Å². The minimum atomic E-state index is -0.0214. The maximum absolute atomic E-state index is 12.7. The molecule has 7 heteroatoms. The minimum Gasteiger partial charge on any atom is -0.349 e. The van der Waals surface area contributed by atoms with Gasteiger partial charge >= 0.3 is 0 Å². The molecule has 1 saturated heterocycles. The first-order chi connectivity index (χ1) is 11.6. The fourth-order valence-electron chi connectivity index (χ4n) is 2.83. The molecule has 0 radical (unpaired) electrons. The van der Waals surface area contributed by atoms with Crippen LogP contribution in [0.15, 0.2) is 16.8 Å². The smallest absolute Gasteiger partial charge is 0.265 e. The second kappa shape index (κ2) is 7.44. The topological polar surface area (TPSA) is 62.3 Å². The molecule has 1 fully saturated rings. The zero-order chi connectivity index (χ0) is 17.1. The van der Waals surface area contributed by atoms with Crippen molar-refractivity contribution in [2.45, 2.75) is 39.2 Å². The van der Waals surface area contributed by atoms with Gasteiger partial charge in [0.25, 0.3) is 11.8 Å². The molecule has 0 saturated carbocycles. The lowest BCUT2D eigenvalue weighted by Gasteiger charge is -2.32. The van der Waals surface area contributed by atoms with Crippen LogP contribution in [0.25, 0.3) is 0 Å². The number of carbonyl (C=O) groups excluding carboxylic acids is 2. The predicted octanol–water partition coefficient (Wildman–Crippen LogP) is 3.11. The van der Waals surface area contributed by atoms with Gasteiger partial charge in [-0.3, -0.25) is 9.59 Å². The number of likely N-dealkylation sites (tertiary alicyclic amines) is 1. The predicted molar refractivity (Wildman–Crippen MR) is 96.9 cm³/mol. The van der Waals surface area contributed by atoms with Crippen molar-refractivity contribution < 1.29 is 9.59 Å². The first-order valence-corrected chi connectivity index (χ1v) is 9.93. The number of hydrogen-bond acceptors (Lipinski definition) is 5. The average molecular weight is 364 g/mol. The van der Waals surface area contributed by atoms with Crippen molar-refractivity contribution in [1.29, 1.82) is 0 Å². The molecule has 0 aliphatic carbocycles. The van der Waals surface area contributed by atoms with Gasteiger partial charge in [-0.1, -0.05) is 6.92 Å². The number of carbonyl (C=O) groups is 2. The third-order valence-electron chi connectivity index (χ3n) is 4.24. The van der Waals surface area contributed by atoms with Crippen LogP contribution in [0, 0.1) is 6.92 Å². The SMILES string of the molecule is CCc1nc(C)c(C(=O)N2CCC(NC(=O)c3ccsc3)CC2)s1. The van der Waals surface area contributed by atoms with E-state index < -0.39 is 0 Å². The van der Waals surface area contributed by atoms with Crippen LogP contribution >= 0.6 is 22.7 Å². The Bertz CT molecular complexity index is 716. The highest BCUT2D eigenvalue weighted by Crippen LogP contribution is 2.22. The molecule has 5 nitrogen and oxygen atoms in total. The summed E-state index contributed by atoms with van der Waals surface area (Å²) in [7, 11) is 0. The van der Waals surface area contributed by atoms with Gasteiger partial charge < -0.3 is 10.2 Å². The highest BCUT2D eigenvalue weighted by molar-refractivity contribution is 7.13.